The van der Waals surface area contributed by atoms with Gasteiger partial charge in [-0.2, -0.15) is 10.5 Å². The zero-order valence-electron chi connectivity index (χ0n) is 8.31. The van der Waals surface area contributed by atoms with Gasteiger partial charge in [-0.1, -0.05) is 42.5 Å². The highest BCUT2D eigenvalue weighted by Crippen LogP contribution is 2.17. The molecule has 72 valence electrons. The molecular weight excluding hydrogens is 188 g/mol. The SMILES string of the molecule is CS1=CC=C(Cc2ccccc2)C=C1. The van der Waals surface area contributed by atoms with Crippen LogP contribution in [0.1, 0.15) is 5.56 Å². The summed E-state index contributed by atoms with van der Waals surface area (Å²) in [6.45, 7) is 0. The largest absolute Gasteiger partial charge is 0.165 e. The summed E-state index contributed by atoms with van der Waals surface area (Å²) in [7, 11) is 0.349. The smallest absolute Gasteiger partial charge is 0.00254 e. The highest BCUT2D eigenvalue weighted by atomic mass is 32.2. The van der Waals surface area contributed by atoms with Crippen LogP contribution < -0.4 is 0 Å². The zero-order valence-corrected chi connectivity index (χ0v) is 9.13. The van der Waals surface area contributed by atoms with Crippen LogP contribution in [0.5, 0.6) is 0 Å². The maximum atomic E-state index is 2.28. The summed E-state index contributed by atoms with van der Waals surface area (Å²) < 4.78 is 0. The van der Waals surface area contributed by atoms with Crippen molar-refractivity contribution in [2.45, 2.75) is 6.42 Å². The summed E-state index contributed by atoms with van der Waals surface area (Å²) in [5.41, 5.74) is 2.79. The molecule has 1 aromatic carbocycles. The molecule has 0 N–H and O–H groups in total. The summed E-state index contributed by atoms with van der Waals surface area (Å²) in [5, 5.41) is 4.55. The summed E-state index contributed by atoms with van der Waals surface area (Å²) >= 11 is 0. The third-order valence-corrected chi connectivity index (χ3v) is 3.38. The molecule has 0 bridgehead atoms. The molecule has 1 aliphatic rings. The fourth-order valence-corrected chi connectivity index (χ4v) is 2.31. The van der Waals surface area contributed by atoms with Gasteiger partial charge in [-0.15, -0.1) is 0 Å². The van der Waals surface area contributed by atoms with E-state index in [1.807, 2.05) is 0 Å². The molecular formula is C13H14S. The molecule has 14 heavy (non-hydrogen) atoms. The van der Waals surface area contributed by atoms with Crippen molar-refractivity contribution >= 4 is 15.9 Å². The molecule has 0 saturated heterocycles. The molecule has 2 rings (SSSR count). The second-order valence-electron chi connectivity index (χ2n) is 3.45. The van der Waals surface area contributed by atoms with Crippen LogP contribution in [0, 0.1) is 0 Å². The van der Waals surface area contributed by atoms with Crippen molar-refractivity contribution in [3.05, 3.63) is 59.0 Å². The molecule has 0 aromatic heterocycles. The molecule has 0 amide bonds. The standard InChI is InChI=1S/C13H14S/c1-14-9-7-13(8-10-14)11-12-5-3-2-4-6-12/h2-10H,11H2,1H3. The first-order valence-electron chi connectivity index (χ1n) is 4.74. The molecule has 0 radical (unpaired) electrons. The van der Waals surface area contributed by atoms with E-state index in [1.165, 1.54) is 11.1 Å². The number of allylic oxidation sites excluding steroid dienone is 3. The number of rotatable bonds is 2. The van der Waals surface area contributed by atoms with Crippen LogP contribution >= 0.6 is 10.5 Å². The van der Waals surface area contributed by atoms with E-state index in [0.717, 1.165) is 6.42 Å². The lowest BCUT2D eigenvalue weighted by Crippen LogP contribution is -1.90. The van der Waals surface area contributed by atoms with E-state index in [-0.39, 0.29) is 0 Å². The van der Waals surface area contributed by atoms with Crippen molar-refractivity contribution in [3.8, 4) is 0 Å². The van der Waals surface area contributed by atoms with Gasteiger partial charge in [0.15, 0.2) is 0 Å². The molecule has 0 fully saturated rings. The Balaban J connectivity index is 2.11. The van der Waals surface area contributed by atoms with Crippen LogP contribution in [-0.2, 0) is 6.42 Å². The zero-order chi connectivity index (χ0) is 9.80. The molecule has 1 heteroatoms. The van der Waals surface area contributed by atoms with Crippen LogP contribution in [0.15, 0.2) is 53.5 Å². The van der Waals surface area contributed by atoms with Crippen LogP contribution in [0.3, 0.4) is 0 Å². The molecule has 1 aromatic rings. The minimum Gasteiger partial charge on any atom is -0.165 e. The second kappa shape index (κ2) is 4.43. The Morgan fingerprint density at radius 2 is 1.93 bits per heavy atom. The van der Waals surface area contributed by atoms with Gasteiger partial charge in [0.05, 0.1) is 0 Å². The Morgan fingerprint density at radius 3 is 2.57 bits per heavy atom. The van der Waals surface area contributed by atoms with Gasteiger partial charge in [0.1, 0.15) is 0 Å². The number of hydrogen-bond acceptors (Lipinski definition) is 0. The molecule has 1 unspecified atom stereocenters. The summed E-state index contributed by atoms with van der Waals surface area (Å²) in [6.07, 6.45) is 7.77. The lowest BCUT2D eigenvalue weighted by atomic mass is 10.1. The van der Waals surface area contributed by atoms with Crippen LogP contribution in [0.2, 0.25) is 0 Å². The van der Waals surface area contributed by atoms with Crippen molar-refractivity contribution in [2.24, 2.45) is 0 Å². The predicted molar refractivity (Wildman–Crippen MR) is 66.9 cm³/mol. The first kappa shape index (κ1) is 9.47. The van der Waals surface area contributed by atoms with Gasteiger partial charge in [-0.05, 0) is 34.6 Å². The second-order valence-corrected chi connectivity index (χ2v) is 5.21. The van der Waals surface area contributed by atoms with Gasteiger partial charge >= 0.3 is 0 Å². The van der Waals surface area contributed by atoms with Gasteiger partial charge in [0.25, 0.3) is 0 Å². The van der Waals surface area contributed by atoms with Crippen LogP contribution in [-0.4, -0.2) is 11.6 Å². The predicted octanol–water partition coefficient (Wildman–Crippen LogP) is 3.38. The van der Waals surface area contributed by atoms with E-state index in [0.29, 0.717) is 10.5 Å². The van der Waals surface area contributed by atoms with E-state index in [9.17, 15) is 0 Å². The van der Waals surface area contributed by atoms with Crippen LogP contribution in [0.4, 0.5) is 0 Å². The molecule has 0 saturated carbocycles. The van der Waals surface area contributed by atoms with Gasteiger partial charge in [0, 0.05) is 0 Å². The monoisotopic (exact) mass is 202 g/mol. The quantitative estimate of drug-likeness (QED) is 0.645. The number of benzene rings is 1. The highest BCUT2D eigenvalue weighted by Gasteiger charge is 1.97. The first-order valence-corrected chi connectivity index (χ1v) is 6.50. The molecule has 1 heterocycles. The van der Waals surface area contributed by atoms with Crippen molar-refractivity contribution in [1.82, 2.24) is 0 Å². The van der Waals surface area contributed by atoms with Crippen molar-refractivity contribution < 1.29 is 0 Å². The van der Waals surface area contributed by atoms with E-state index in [2.05, 4.69) is 59.5 Å². The molecule has 1 aliphatic heterocycles. The Kier molecular flexibility index (Phi) is 3.00. The average Bonchev–Trinajstić information content (AvgIpc) is 2.23. The number of hydrogen-bond donors (Lipinski definition) is 0. The third-order valence-electron chi connectivity index (χ3n) is 2.24. The Bertz CT molecular complexity index is 397. The third kappa shape index (κ3) is 2.46. The topological polar surface area (TPSA) is 0 Å². The van der Waals surface area contributed by atoms with E-state index in [4.69, 9.17) is 0 Å². The van der Waals surface area contributed by atoms with Crippen molar-refractivity contribution in [3.63, 3.8) is 0 Å². The van der Waals surface area contributed by atoms with Gasteiger partial charge < -0.3 is 0 Å². The maximum Gasteiger partial charge on any atom is -0.00254 e. The van der Waals surface area contributed by atoms with Gasteiger partial charge in [-0.3, -0.25) is 0 Å². The summed E-state index contributed by atoms with van der Waals surface area (Å²) in [5.74, 6) is 0. The van der Waals surface area contributed by atoms with Crippen LogP contribution in [0.25, 0.3) is 0 Å². The van der Waals surface area contributed by atoms with E-state index < -0.39 is 0 Å². The van der Waals surface area contributed by atoms with Crippen molar-refractivity contribution in [2.75, 3.05) is 6.26 Å². The minimum absolute atomic E-state index is 0.349. The molecule has 0 aliphatic carbocycles. The lowest BCUT2D eigenvalue weighted by Gasteiger charge is -2.06. The maximum absolute atomic E-state index is 2.28. The Labute approximate surface area is 87.9 Å². The Hall–Kier alpha value is -1.08. The first-order chi connectivity index (χ1) is 6.84. The molecule has 0 nitrogen and oxygen atoms in total. The summed E-state index contributed by atoms with van der Waals surface area (Å²) in [6, 6.07) is 10.6. The van der Waals surface area contributed by atoms with Crippen molar-refractivity contribution in [1.29, 1.82) is 0 Å². The average molecular weight is 202 g/mol. The van der Waals surface area contributed by atoms with E-state index in [1.54, 1.807) is 0 Å². The van der Waals surface area contributed by atoms with Gasteiger partial charge in [-0.25, -0.2) is 0 Å². The summed E-state index contributed by atoms with van der Waals surface area (Å²) in [4.78, 5) is 0. The lowest BCUT2D eigenvalue weighted by molar-refractivity contribution is 1.20. The minimum atomic E-state index is 0.349. The Morgan fingerprint density at radius 1 is 1.14 bits per heavy atom. The normalized spacial score (nSPS) is 20.1. The highest BCUT2D eigenvalue weighted by molar-refractivity contribution is 8.17. The fraction of sp³-hybridized carbons (Fsp3) is 0.154. The molecule has 1 atom stereocenters. The van der Waals surface area contributed by atoms with Gasteiger partial charge in [0.2, 0.25) is 0 Å². The van der Waals surface area contributed by atoms with E-state index >= 15 is 0 Å². The fourth-order valence-electron chi connectivity index (χ4n) is 1.44. The molecule has 0 spiro atoms.